The van der Waals surface area contributed by atoms with E-state index in [-0.39, 0.29) is 21.7 Å². The summed E-state index contributed by atoms with van der Waals surface area (Å²) in [7, 11) is 0. The van der Waals surface area contributed by atoms with Crippen LogP contribution in [0.25, 0.3) is 68.8 Å². The third-order valence-corrected chi connectivity index (χ3v) is 19.4. The first kappa shape index (κ1) is 51.4. The van der Waals surface area contributed by atoms with Crippen molar-refractivity contribution in [1.29, 1.82) is 0 Å². The Morgan fingerprint density at radius 2 is 0.440 bits per heavy atom. The van der Waals surface area contributed by atoms with Crippen molar-refractivity contribution < 1.29 is 0 Å². The van der Waals surface area contributed by atoms with Crippen LogP contribution in [0.1, 0.15) is 122 Å². The topological polar surface area (TPSA) is 6.48 Å². The molecule has 11 aromatic rings. The number of fused-ring (bicyclic) bond motifs is 12. The van der Waals surface area contributed by atoms with Crippen LogP contribution in [0.3, 0.4) is 0 Å². The van der Waals surface area contributed by atoms with Gasteiger partial charge in [-0.2, -0.15) is 0 Å². The third kappa shape index (κ3) is 8.06. The molecule has 4 aliphatic rings. The second kappa shape index (κ2) is 19.0. The van der Waals surface area contributed by atoms with Gasteiger partial charge in [-0.25, -0.2) is 0 Å². The van der Waals surface area contributed by atoms with Crippen LogP contribution in [-0.2, 0) is 21.7 Å². The van der Waals surface area contributed by atoms with E-state index in [0.29, 0.717) is 0 Å². The summed E-state index contributed by atoms with van der Waals surface area (Å²) in [5.74, 6) is 0. The van der Waals surface area contributed by atoms with Crippen molar-refractivity contribution in [2.75, 3.05) is 9.80 Å². The molecule has 406 valence electrons. The number of benzene rings is 11. The summed E-state index contributed by atoms with van der Waals surface area (Å²) in [5.41, 5.74) is 32.7. The molecule has 0 aromatic heterocycles. The van der Waals surface area contributed by atoms with Gasteiger partial charge >= 0.3 is 0 Å². The van der Waals surface area contributed by atoms with E-state index in [0.717, 1.165) is 11.4 Å². The molecule has 4 aliphatic carbocycles. The highest BCUT2D eigenvalue weighted by Crippen LogP contribution is 2.56. The Hall–Kier alpha value is -9.50. The molecule has 0 atom stereocenters. The Morgan fingerprint density at radius 3 is 0.774 bits per heavy atom. The molecule has 0 radical (unpaired) electrons. The van der Waals surface area contributed by atoms with Gasteiger partial charge in [-0.05, 0) is 184 Å². The van der Waals surface area contributed by atoms with E-state index in [9.17, 15) is 0 Å². The number of rotatable bonds is 10. The van der Waals surface area contributed by atoms with Gasteiger partial charge in [-0.15, -0.1) is 0 Å². The van der Waals surface area contributed by atoms with Gasteiger partial charge in [0.05, 0.1) is 0 Å². The minimum absolute atomic E-state index is 0.0883. The summed E-state index contributed by atoms with van der Waals surface area (Å²) in [6.07, 6.45) is 9.01. The zero-order valence-corrected chi connectivity index (χ0v) is 49.3. The molecule has 0 bridgehead atoms. The van der Waals surface area contributed by atoms with E-state index < -0.39 is 0 Å². The molecule has 0 saturated heterocycles. The SMILES string of the molecule is CC1(C)c2ccccc2-c2ccc(N(c3ccccc3)c3ccc4c(c3)C(C)(C)c3cc(C=Cc5ccc(C=Cc6ccc7c(c6)C(C)(C)c6cc(N(c8ccccc8)c8ccc9c(c8)C(C)(C)c8ccccc8-9)ccc6-7)cc5)ccc3-4)cc21. The largest absolute Gasteiger partial charge is 0.310 e. The number of nitrogens with zero attached hydrogens (tertiary/aromatic N) is 2. The van der Waals surface area contributed by atoms with Gasteiger partial charge in [-0.1, -0.05) is 250 Å². The Morgan fingerprint density at radius 1 is 0.202 bits per heavy atom. The Kier molecular flexibility index (Phi) is 11.6. The summed E-state index contributed by atoms with van der Waals surface area (Å²) in [4.78, 5) is 4.87. The van der Waals surface area contributed by atoms with Gasteiger partial charge in [0.15, 0.2) is 0 Å². The van der Waals surface area contributed by atoms with E-state index in [1.165, 1.54) is 134 Å². The normalized spacial score (nSPS) is 15.4. The smallest absolute Gasteiger partial charge is 0.0465 e. The minimum atomic E-state index is -0.190. The van der Waals surface area contributed by atoms with E-state index in [1.807, 2.05) is 0 Å². The Labute approximate surface area is 496 Å². The highest BCUT2D eigenvalue weighted by Gasteiger charge is 2.40. The molecular weight excluding hydrogens is 1010 g/mol. The first-order valence-electron chi connectivity index (χ1n) is 29.9. The molecule has 0 saturated carbocycles. The maximum absolute atomic E-state index is 2.44. The lowest BCUT2D eigenvalue weighted by Crippen LogP contribution is -2.18. The second-order valence-corrected chi connectivity index (χ2v) is 25.8. The standard InChI is InChI=1S/C82H68N2/c1-79(2)71-25-17-15-23-63(71)67-43-37-59(49-75(67)79)83(57-19-11-9-12-20-57)61-39-45-69-65-41-35-55(47-73(65)81(5,6)77(69)51-61)33-31-53-27-29-54(30-28-53)32-34-56-36-42-66-70-46-40-62(52-78(70)82(7,8)74(66)48-56)84(58-21-13-10-14-22-58)60-38-44-68-64-24-16-18-26-72(64)80(3,4)76(68)50-60/h9-52H,1-8H3. The number of para-hydroxylation sites is 2. The highest BCUT2D eigenvalue weighted by molar-refractivity contribution is 5.92. The fraction of sp³-hybridized carbons (Fsp3) is 0.146. The molecule has 0 fully saturated rings. The van der Waals surface area contributed by atoms with Crippen LogP contribution in [0.4, 0.5) is 34.1 Å². The van der Waals surface area contributed by atoms with E-state index >= 15 is 0 Å². The molecular formula is C82H68N2. The van der Waals surface area contributed by atoms with Crippen LogP contribution in [0.15, 0.2) is 243 Å². The molecule has 0 heterocycles. The summed E-state index contributed by atoms with van der Waals surface area (Å²) >= 11 is 0. The van der Waals surface area contributed by atoms with Crippen LogP contribution >= 0.6 is 0 Å². The van der Waals surface area contributed by atoms with Crippen LogP contribution < -0.4 is 9.80 Å². The molecule has 0 aliphatic heterocycles. The fourth-order valence-corrected chi connectivity index (χ4v) is 14.8. The number of hydrogen-bond donors (Lipinski definition) is 0. The monoisotopic (exact) mass is 1080 g/mol. The summed E-state index contributed by atoms with van der Waals surface area (Å²) in [6.45, 7) is 19.0. The lowest BCUT2D eigenvalue weighted by atomic mass is 9.81. The Bertz CT molecular complexity index is 4240. The van der Waals surface area contributed by atoms with Crippen LogP contribution in [0.2, 0.25) is 0 Å². The molecule has 0 amide bonds. The summed E-state index contributed by atoms with van der Waals surface area (Å²) in [6, 6.07) is 90.7. The molecule has 0 spiro atoms. The van der Waals surface area contributed by atoms with Crippen LogP contribution in [-0.4, -0.2) is 0 Å². The summed E-state index contributed by atoms with van der Waals surface area (Å²) < 4.78 is 0. The average molecular weight is 1080 g/mol. The van der Waals surface area contributed by atoms with Gasteiger partial charge in [0.1, 0.15) is 0 Å². The molecule has 2 nitrogen and oxygen atoms in total. The van der Waals surface area contributed by atoms with Crippen molar-refractivity contribution in [2.24, 2.45) is 0 Å². The molecule has 11 aromatic carbocycles. The maximum Gasteiger partial charge on any atom is 0.0465 e. The average Bonchev–Trinajstić information content (AvgIpc) is 3.07. The zero-order valence-electron chi connectivity index (χ0n) is 49.3. The van der Waals surface area contributed by atoms with E-state index in [1.54, 1.807) is 0 Å². The van der Waals surface area contributed by atoms with Crippen molar-refractivity contribution in [2.45, 2.75) is 77.0 Å². The maximum atomic E-state index is 2.44. The van der Waals surface area contributed by atoms with Crippen molar-refractivity contribution in [3.05, 3.63) is 309 Å². The first-order chi connectivity index (χ1) is 40.6. The van der Waals surface area contributed by atoms with Crippen LogP contribution in [0, 0.1) is 0 Å². The minimum Gasteiger partial charge on any atom is -0.310 e. The zero-order chi connectivity index (χ0) is 57.3. The molecule has 2 heteroatoms. The predicted octanol–water partition coefficient (Wildman–Crippen LogP) is 22.2. The fourth-order valence-electron chi connectivity index (χ4n) is 14.8. The lowest BCUT2D eigenvalue weighted by molar-refractivity contribution is 0.659. The molecule has 0 unspecified atom stereocenters. The van der Waals surface area contributed by atoms with E-state index in [4.69, 9.17) is 0 Å². The molecule has 84 heavy (non-hydrogen) atoms. The number of hydrogen-bond acceptors (Lipinski definition) is 2. The highest BCUT2D eigenvalue weighted by atomic mass is 15.1. The first-order valence-corrected chi connectivity index (χ1v) is 29.9. The molecule has 15 rings (SSSR count). The van der Waals surface area contributed by atoms with Crippen molar-refractivity contribution >= 4 is 58.4 Å². The lowest BCUT2D eigenvalue weighted by Gasteiger charge is -2.29. The van der Waals surface area contributed by atoms with E-state index in [2.05, 4.69) is 332 Å². The number of anilines is 6. The van der Waals surface area contributed by atoms with Crippen LogP contribution in [0.5, 0.6) is 0 Å². The van der Waals surface area contributed by atoms with Crippen molar-refractivity contribution in [1.82, 2.24) is 0 Å². The van der Waals surface area contributed by atoms with Gasteiger partial charge in [0.25, 0.3) is 0 Å². The second-order valence-electron chi connectivity index (χ2n) is 25.8. The van der Waals surface area contributed by atoms with Gasteiger partial charge in [-0.3, -0.25) is 0 Å². The van der Waals surface area contributed by atoms with Crippen molar-refractivity contribution in [3.8, 4) is 44.5 Å². The van der Waals surface area contributed by atoms with Gasteiger partial charge < -0.3 is 9.80 Å². The van der Waals surface area contributed by atoms with Crippen molar-refractivity contribution in [3.63, 3.8) is 0 Å². The molecule has 0 N–H and O–H groups in total. The Balaban J connectivity index is 0.655. The summed E-state index contributed by atoms with van der Waals surface area (Å²) in [5, 5.41) is 0. The quantitative estimate of drug-likeness (QED) is 0.126. The third-order valence-electron chi connectivity index (χ3n) is 19.4. The van der Waals surface area contributed by atoms with Gasteiger partial charge in [0, 0.05) is 55.8 Å². The predicted molar refractivity (Wildman–Crippen MR) is 357 cm³/mol. The van der Waals surface area contributed by atoms with Gasteiger partial charge in [0.2, 0.25) is 0 Å².